The van der Waals surface area contributed by atoms with Gasteiger partial charge in [0.15, 0.2) is 0 Å². The monoisotopic (exact) mass is 281 g/mol. The Morgan fingerprint density at radius 1 is 1.14 bits per heavy atom. The first-order valence-corrected chi connectivity index (χ1v) is 7.49. The third-order valence-corrected chi connectivity index (χ3v) is 4.12. The lowest BCUT2D eigenvalue weighted by atomic mass is 10.1. The average Bonchev–Trinajstić information content (AvgIpc) is 2.73. The number of rotatable bonds is 3. The highest BCUT2D eigenvalue weighted by Gasteiger charge is 2.17. The van der Waals surface area contributed by atoms with Crippen LogP contribution >= 0.6 is 0 Å². The van der Waals surface area contributed by atoms with Crippen LogP contribution in [-0.2, 0) is 0 Å². The summed E-state index contributed by atoms with van der Waals surface area (Å²) in [7, 11) is 4.25. The van der Waals surface area contributed by atoms with Gasteiger partial charge in [0.2, 0.25) is 0 Å². The summed E-state index contributed by atoms with van der Waals surface area (Å²) in [5, 5.41) is 2.63. The van der Waals surface area contributed by atoms with Crippen LogP contribution in [0.5, 0.6) is 0 Å². The van der Waals surface area contributed by atoms with Gasteiger partial charge in [-0.1, -0.05) is 12.1 Å². The predicted molar refractivity (Wildman–Crippen MR) is 90.0 cm³/mol. The van der Waals surface area contributed by atoms with Crippen molar-refractivity contribution < 1.29 is 0 Å². The second kappa shape index (κ2) is 5.15. The SMILES string of the molecule is Cc1ccc2c3ccnc(C)c3n(C(C)CN(C)C)c2c1. The zero-order valence-electron chi connectivity index (χ0n) is 13.5. The minimum absolute atomic E-state index is 0.407. The summed E-state index contributed by atoms with van der Waals surface area (Å²) in [5.74, 6) is 0. The maximum atomic E-state index is 4.51. The molecule has 3 aromatic rings. The van der Waals surface area contributed by atoms with Gasteiger partial charge >= 0.3 is 0 Å². The first kappa shape index (κ1) is 14.1. The highest BCUT2D eigenvalue weighted by atomic mass is 15.1. The smallest absolute Gasteiger partial charge is 0.0710 e. The molecule has 2 aromatic heterocycles. The topological polar surface area (TPSA) is 21.1 Å². The van der Waals surface area contributed by atoms with Crippen LogP contribution in [-0.4, -0.2) is 35.1 Å². The van der Waals surface area contributed by atoms with Gasteiger partial charge in [-0.2, -0.15) is 0 Å². The molecule has 0 bridgehead atoms. The van der Waals surface area contributed by atoms with Crippen LogP contribution in [0.25, 0.3) is 21.8 Å². The van der Waals surface area contributed by atoms with Gasteiger partial charge in [-0.15, -0.1) is 0 Å². The van der Waals surface area contributed by atoms with Crippen molar-refractivity contribution in [3.05, 3.63) is 41.7 Å². The van der Waals surface area contributed by atoms with Crippen molar-refractivity contribution in [2.24, 2.45) is 0 Å². The largest absolute Gasteiger partial charge is 0.335 e. The molecule has 21 heavy (non-hydrogen) atoms. The molecule has 3 rings (SSSR count). The molecule has 0 saturated heterocycles. The van der Waals surface area contributed by atoms with Gasteiger partial charge in [-0.05, 0) is 52.6 Å². The molecule has 0 saturated carbocycles. The summed E-state index contributed by atoms with van der Waals surface area (Å²) < 4.78 is 2.46. The van der Waals surface area contributed by atoms with Crippen LogP contribution < -0.4 is 0 Å². The van der Waals surface area contributed by atoms with Gasteiger partial charge in [0, 0.05) is 35.1 Å². The predicted octanol–water partition coefficient (Wildman–Crippen LogP) is 3.93. The van der Waals surface area contributed by atoms with E-state index in [9.17, 15) is 0 Å². The summed E-state index contributed by atoms with van der Waals surface area (Å²) in [6.45, 7) is 7.56. The van der Waals surface area contributed by atoms with E-state index < -0.39 is 0 Å². The summed E-state index contributed by atoms with van der Waals surface area (Å²) in [6.07, 6.45) is 1.91. The zero-order valence-corrected chi connectivity index (χ0v) is 13.5. The standard InChI is InChI=1S/C18H23N3/c1-12-6-7-15-16-8-9-19-14(3)18(16)21(17(15)10-12)13(2)11-20(4)5/h6-10,13H,11H2,1-5H3. The summed E-state index contributed by atoms with van der Waals surface area (Å²) in [6, 6.07) is 9.27. The molecule has 0 aliphatic carbocycles. The van der Waals surface area contributed by atoms with Crippen LogP contribution in [0.4, 0.5) is 0 Å². The summed E-state index contributed by atoms with van der Waals surface area (Å²) in [5.41, 5.74) is 4.99. The van der Waals surface area contributed by atoms with Gasteiger partial charge in [0.05, 0.1) is 11.2 Å². The highest BCUT2D eigenvalue weighted by molar-refractivity contribution is 6.08. The lowest BCUT2D eigenvalue weighted by Gasteiger charge is -2.21. The first-order chi connectivity index (χ1) is 9.99. The van der Waals surface area contributed by atoms with Crippen LogP contribution in [0, 0.1) is 13.8 Å². The molecule has 0 N–H and O–H groups in total. The Kier molecular flexibility index (Phi) is 3.46. The molecular formula is C18H23N3. The Morgan fingerprint density at radius 3 is 2.62 bits per heavy atom. The van der Waals surface area contributed by atoms with E-state index in [1.165, 1.54) is 27.4 Å². The summed E-state index contributed by atoms with van der Waals surface area (Å²) >= 11 is 0. The molecule has 0 radical (unpaired) electrons. The third-order valence-electron chi connectivity index (χ3n) is 4.12. The Morgan fingerprint density at radius 2 is 1.90 bits per heavy atom. The molecule has 3 heteroatoms. The van der Waals surface area contributed by atoms with Gasteiger partial charge in [0.1, 0.15) is 0 Å². The lowest BCUT2D eigenvalue weighted by molar-refractivity contribution is 0.345. The van der Waals surface area contributed by atoms with E-state index in [4.69, 9.17) is 0 Å². The summed E-state index contributed by atoms with van der Waals surface area (Å²) in [4.78, 5) is 6.75. The van der Waals surface area contributed by atoms with E-state index in [0.717, 1.165) is 12.2 Å². The quantitative estimate of drug-likeness (QED) is 0.725. The lowest BCUT2D eigenvalue weighted by Crippen LogP contribution is -2.22. The minimum Gasteiger partial charge on any atom is -0.335 e. The zero-order chi connectivity index (χ0) is 15.1. The maximum absolute atomic E-state index is 4.51. The number of aromatic nitrogens is 2. The molecule has 2 heterocycles. The van der Waals surface area contributed by atoms with Crippen LogP contribution in [0.3, 0.4) is 0 Å². The van der Waals surface area contributed by atoms with Gasteiger partial charge in [-0.25, -0.2) is 0 Å². The molecule has 0 aliphatic heterocycles. The number of benzene rings is 1. The Labute approximate surface area is 126 Å². The highest BCUT2D eigenvalue weighted by Crippen LogP contribution is 2.33. The second-order valence-electron chi connectivity index (χ2n) is 6.29. The number of nitrogens with zero attached hydrogens (tertiary/aromatic N) is 3. The van der Waals surface area contributed by atoms with Gasteiger partial charge < -0.3 is 9.47 Å². The number of hydrogen-bond acceptors (Lipinski definition) is 2. The molecule has 0 spiro atoms. The van der Waals surface area contributed by atoms with Crippen molar-refractivity contribution in [2.45, 2.75) is 26.8 Å². The van der Waals surface area contributed by atoms with Crippen LogP contribution in [0.2, 0.25) is 0 Å². The number of likely N-dealkylation sites (N-methyl/N-ethyl adjacent to an activating group) is 1. The first-order valence-electron chi connectivity index (χ1n) is 7.49. The number of fused-ring (bicyclic) bond motifs is 3. The van der Waals surface area contributed by atoms with E-state index in [-0.39, 0.29) is 0 Å². The van der Waals surface area contributed by atoms with Gasteiger partial charge in [-0.3, -0.25) is 4.98 Å². The normalized spacial score (nSPS) is 13.4. The molecule has 1 unspecified atom stereocenters. The minimum atomic E-state index is 0.407. The Bertz CT molecular complexity index is 799. The molecule has 110 valence electrons. The molecular weight excluding hydrogens is 258 g/mol. The second-order valence-corrected chi connectivity index (χ2v) is 6.29. The van der Waals surface area contributed by atoms with Crippen molar-refractivity contribution in [3.63, 3.8) is 0 Å². The molecule has 3 nitrogen and oxygen atoms in total. The van der Waals surface area contributed by atoms with Crippen molar-refractivity contribution in [1.82, 2.24) is 14.5 Å². The molecule has 1 aromatic carbocycles. The maximum Gasteiger partial charge on any atom is 0.0710 e. The van der Waals surface area contributed by atoms with E-state index in [1.54, 1.807) is 0 Å². The van der Waals surface area contributed by atoms with E-state index in [2.05, 4.69) is 73.6 Å². The fourth-order valence-corrected chi connectivity index (χ4v) is 3.34. The molecule has 0 fully saturated rings. The Hall–Kier alpha value is -1.87. The molecule has 1 atom stereocenters. The van der Waals surface area contributed by atoms with Crippen molar-refractivity contribution in [3.8, 4) is 0 Å². The Balaban J connectivity index is 2.39. The van der Waals surface area contributed by atoms with Gasteiger partial charge in [0.25, 0.3) is 0 Å². The van der Waals surface area contributed by atoms with Crippen LogP contribution in [0.1, 0.15) is 24.2 Å². The average molecular weight is 281 g/mol. The fourth-order valence-electron chi connectivity index (χ4n) is 3.34. The molecule has 0 amide bonds. The fraction of sp³-hybridized carbons (Fsp3) is 0.389. The van der Waals surface area contributed by atoms with Crippen LogP contribution in [0.15, 0.2) is 30.5 Å². The van der Waals surface area contributed by atoms with Crippen molar-refractivity contribution >= 4 is 21.8 Å². The molecule has 0 aliphatic rings. The number of hydrogen-bond donors (Lipinski definition) is 0. The van der Waals surface area contributed by atoms with Crippen molar-refractivity contribution in [2.75, 3.05) is 20.6 Å². The number of pyridine rings is 1. The van der Waals surface area contributed by atoms with E-state index in [0.29, 0.717) is 6.04 Å². The third kappa shape index (κ3) is 2.32. The number of aryl methyl sites for hydroxylation is 2. The van der Waals surface area contributed by atoms with Crippen molar-refractivity contribution in [1.29, 1.82) is 0 Å². The van der Waals surface area contributed by atoms with E-state index >= 15 is 0 Å². The van der Waals surface area contributed by atoms with E-state index in [1.807, 2.05) is 6.20 Å².